The molecule has 0 saturated carbocycles. The van der Waals surface area contributed by atoms with Gasteiger partial charge in [-0.15, -0.1) is 0 Å². The smallest absolute Gasteiger partial charge is 0.201 e. The molecule has 4 aromatic rings. The van der Waals surface area contributed by atoms with Gasteiger partial charge >= 0.3 is 0 Å². The Kier molecular flexibility index (Phi) is 5.26. The van der Waals surface area contributed by atoms with E-state index in [4.69, 9.17) is 9.47 Å². The van der Waals surface area contributed by atoms with E-state index in [0.717, 1.165) is 11.1 Å². The van der Waals surface area contributed by atoms with Crippen molar-refractivity contribution in [3.63, 3.8) is 0 Å². The molecule has 0 radical (unpaired) electrons. The first kappa shape index (κ1) is 19.8. The molecule has 4 aromatic carbocycles. The maximum absolute atomic E-state index is 13.6. The molecule has 0 aliphatic heterocycles. The van der Waals surface area contributed by atoms with E-state index in [2.05, 4.69) is 0 Å². The fraction of sp³-hybridized carbons (Fsp3) is 0.0714. The van der Waals surface area contributed by atoms with Crippen LogP contribution in [0.25, 0.3) is 0 Å². The highest BCUT2D eigenvalue weighted by Crippen LogP contribution is 2.37. The molecule has 0 saturated heterocycles. The molecule has 32 heavy (non-hydrogen) atoms. The number of carbonyl (C=O) groups is 2. The SMILES string of the molecule is O=C1c2cccc(OCc3ccccc3)c2C(=O)c2c(OCc3ccccc3)cccc21. The predicted octanol–water partition coefficient (Wildman–Crippen LogP) is 5.62. The summed E-state index contributed by atoms with van der Waals surface area (Å²) in [5.41, 5.74) is 3.24. The topological polar surface area (TPSA) is 52.6 Å². The van der Waals surface area contributed by atoms with E-state index < -0.39 is 0 Å². The Morgan fingerprint density at radius 2 is 0.906 bits per heavy atom. The number of ketones is 2. The Balaban J connectivity index is 1.49. The summed E-state index contributed by atoms with van der Waals surface area (Å²) >= 11 is 0. The molecule has 0 fully saturated rings. The van der Waals surface area contributed by atoms with Crippen molar-refractivity contribution in [3.8, 4) is 11.5 Å². The number of carbonyl (C=O) groups excluding carboxylic acids is 2. The first-order chi connectivity index (χ1) is 15.7. The number of fused-ring (bicyclic) bond motifs is 2. The molecule has 156 valence electrons. The Morgan fingerprint density at radius 3 is 1.34 bits per heavy atom. The summed E-state index contributed by atoms with van der Waals surface area (Å²) in [7, 11) is 0. The van der Waals surface area contributed by atoms with Gasteiger partial charge in [-0.2, -0.15) is 0 Å². The second-order valence-electron chi connectivity index (χ2n) is 7.56. The zero-order valence-electron chi connectivity index (χ0n) is 17.3. The van der Waals surface area contributed by atoms with Crippen LogP contribution < -0.4 is 9.47 Å². The molecule has 0 heterocycles. The van der Waals surface area contributed by atoms with Crippen LogP contribution >= 0.6 is 0 Å². The van der Waals surface area contributed by atoms with Crippen LogP contribution in [-0.4, -0.2) is 11.6 Å². The van der Waals surface area contributed by atoms with Gasteiger partial charge in [-0.1, -0.05) is 84.9 Å². The van der Waals surface area contributed by atoms with Crippen LogP contribution in [0.15, 0.2) is 97.1 Å². The summed E-state index contributed by atoms with van der Waals surface area (Å²) in [5.74, 6) is 0.327. The molecule has 0 amide bonds. The second-order valence-corrected chi connectivity index (χ2v) is 7.56. The van der Waals surface area contributed by atoms with Crippen LogP contribution in [0.4, 0.5) is 0 Å². The summed E-state index contributed by atoms with van der Waals surface area (Å²) in [6.45, 7) is 0.607. The quantitative estimate of drug-likeness (QED) is 0.358. The molecule has 4 nitrogen and oxygen atoms in total. The first-order valence-electron chi connectivity index (χ1n) is 10.4. The van der Waals surface area contributed by atoms with E-state index in [1.54, 1.807) is 36.4 Å². The standard InChI is InChI=1S/C28H20O4/c29-27-21-13-7-15-23(31-17-19-9-3-1-4-10-19)25(21)28(30)26-22(27)14-8-16-24(26)32-18-20-11-5-2-6-12-20/h1-16H,17-18H2. The van der Waals surface area contributed by atoms with Gasteiger partial charge in [0.2, 0.25) is 5.78 Å². The minimum atomic E-state index is -0.262. The fourth-order valence-corrected chi connectivity index (χ4v) is 3.89. The lowest BCUT2D eigenvalue weighted by Crippen LogP contribution is -2.23. The van der Waals surface area contributed by atoms with Crippen LogP contribution in [0.1, 0.15) is 43.0 Å². The monoisotopic (exact) mass is 420 g/mol. The average molecular weight is 420 g/mol. The number of hydrogen-bond acceptors (Lipinski definition) is 4. The molecule has 0 unspecified atom stereocenters. The van der Waals surface area contributed by atoms with Gasteiger partial charge in [0.25, 0.3) is 0 Å². The summed E-state index contributed by atoms with van der Waals surface area (Å²) < 4.78 is 12.0. The van der Waals surface area contributed by atoms with E-state index in [1.165, 1.54) is 0 Å². The highest BCUT2D eigenvalue weighted by Gasteiger charge is 2.34. The van der Waals surface area contributed by atoms with Gasteiger partial charge in [-0.05, 0) is 23.3 Å². The molecule has 0 spiro atoms. The lowest BCUT2D eigenvalue weighted by atomic mass is 9.83. The van der Waals surface area contributed by atoms with Crippen LogP contribution in [0.5, 0.6) is 11.5 Å². The van der Waals surface area contributed by atoms with Gasteiger partial charge in [0, 0.05) is 11.1 Å². The molecular formula is C28H20O4. The molecule has 4 heteroatoms. The van der Waals surface area contributed by atoms with Crippen LogP contribution in [0.2, 0.25) is 0 Å². The van der Waals surface area contributed by atoms with Gasteiger partial charge in [0.05, 0.1) is 11.1 Å². The largest absolute Gasteiger partial charge is 0.488 e. The Bertz CT molecular complexity index is 1190. The van der Waals surface area contributed by atoms with E-state index in [9.17, 15) is 9.59 Å². The average Bonchev–Trinajstić information content (AvgIpc) is 2.85. The van der Waals surface area contributed by atoms with Crippen molar-refractivity contribution in [2.75, 3.05) is 0 Å². The van der Waals surface area contributed by atoms with Crippen molar-refractivity contribution in [3.05, 3.63) is 130 Å². The molecule has 1 aliphatic carbocycles. The van der Waals surface area contributed by atoms with E-state index in [0.29, 0.717) is 35.8 Å². The van der Waals surface area contributed by atoms with Gasteiger partial charge in [0.1, 0.15) is 24.7 Å². The zero-order valence-corrected chi connectivity index (χ0v) is 17.3. The molecular weight excluding hydrogens is 400 g/mol. The van der Waals surface area contributed by atoms with Crippen LogP contribution in [0, 0.1) is 0 Å². The third-order valence-corrected chi connectivity index (χ3v) is 5.47. The molecule has 1 aliphatic rings. The third-order valence-electron chi connectivity index (χ3n) is 5.47. The summed E-state index contributed by atoms with van der Waals surface area (Å²) in [4.78, 5) is 26.8. The van der Waals surface area contributed by atoms with Crippen LogP contribution in [-0.2, 0) is 13.2 Å². The van der Waals surface area contributed by atoms with Gasteiger partial charge in [-0.25, -0.2) is 0 Å². The number of hydrogen-bond donors (Lipinski definition) is 0. The highest BCUT2D eigenvalue weighted by molar-refractivity contribution is 6.30. The first-order valence-corrected chi connectivity index (χ1v) is 10.4. The Hall–Kier alpha value is -4.18. The molecule has 0 N–H and O–H groups in total. The van der Waals surface area contributed by atoms with E-state index in [-0.39, 0.29) is 22.7 Å². The van der Waals surface area contributed by atoms with E-state index >= 15 is 0 Å². The second kappa shape index (κ2) is 8.52. The number of ether oxygens (including phenoxy) is 2. The zero-order chi connectivity index (χ0) is 21.9. The van der Waals surface area contributed by atoms with Gasteiger partial charge in [0.15, 0.2) is 5.78 Å². The molecule has 5 rings (SSSR count). The van der Waals surface area contributed by atoms with Crippen molar-refractivity contribution in [2.45, 2.75) is 13.2 Å². The normalized spacial score (nSPS) is 12.1. The van der Waals surface area contributed by atoms with Crippen molar-refractivity contribution in [1.29, 1.82) is 0 Å². The maximum atomic E-state index is 13.6. The minimum absolute atomic E-state index is 0.204. The van der Waals surface area contributed by atoms with E-state index in [1.807, 2.05) is 60.7 Å². The van der Waals surface area contributed by atoms with Crippen molar-refractivity contribution in [1.82, 2.24) is 0 Å². The highest BCUT2D eigenvalue weighted by atomic mass is 16.5. The lowest BCUT2D eigenvalue weighted by molar-refractivity contribution is 0.0971. The number of rotatable bonds is 6. The van der Waals surface area contributed by atoms with Crippen molar-refractivity contribution < 1.29 is 19.1 Å². The Morgan fingerprint density at radius 1 is 0.469 bits per heavy atom. The number of benzene rings is 4. The molecule has 0 atom stereocenters. The summed E-state index contributed by atoms with van der Waals surface area (Å²) in [6, 6.07) is 29.7. The van der Waals surface area contributed by atoms with Crippen LogP contribution in [0.3, 0.4) is 0 Å². The van der Waals surface area contributed by atoms with Gasteiger partial charge in [-0.3, -0.25) is 9.59 Å². The van der Waals surface area contributed by atoms with Gasteiger partial charge < -0.3 is 9.47 Å². The maximum Gasteiger partial charge on any atom is 0.201 e. The van der Waals surface area contributed by atoms with Crippen molar-refractivity contribution in [2.24, 2.45) is 0 Å². The lowest BCUT2D eigenvalue weighted by Gasteiger charge is -2.22. The molecule has 0 aromatic heterocycles. The Labute approximate surface area is 186 Å². The van der Waals surface area contributed by atoms with Crippen molar-refractivity contribution >= 4 is 11.6 Å². The fourth-order valence-electron chi connectivity index (χ4n) is 3.89. The third kappa shape index (κ3) is 3.67. The predicted molar refractivity (Wildman–Crippen MR) is 121 cm³/mol. The molecule has 0 bridgehead atoms. The summed E-state index contributed by atoms with van der Waals surface area (Å²) in [5, 5.41) is 0. The minimum Gasteiger partial charge on any atom is -0.488 e. The summed E-state index contributed by atoms with van der Waals surface area (Å²) in [6.07, 6.45) is 0.